The molecule has 0 aliphatic heterocycles. The molecule has 0 bridgehead atoms. The highest BCUT2D eigenvalue weighted by Gasteiger charge is 2.20. The van der Waals surface area contributed by atoms with E-state index in [1.807, 2.05) is 24.3 Å². The zero-order valence-electron chi connectivity index (χ0n) is 16.9. The minimum absolute atomic E-state index is 0.0686. The molecule has 0 atom stereocenters. The molecular weight excluding hydrogens is 346 g/mol. The first kappa shape index (κ1) is 20.1. The van der Waals surface area contributed by atoms with E-state index in [-0.39, 0.29) is 11.7 Å². The van der Waals surface area contributed by atoms with Crippen LogP contribution >= 0.6 is 0 Å². The summed E-state index contributed by atoms with van der Waals surface area (Å²) in [6.45, 7) is 4.91. The number of nitrogens with one attached hydrogen (secondary N) is 2. The van der Waals surface area contributed by atoms with Gasteiger partial charge in [-0.25, -0.2) is 0 Å². The van der Waals surface area contributed by atoms with Gasteiger partial charge in [0.05, 0.1) is 0 Å². The van der Waals surface area contributed by atoms with Gasteiger partial charge in [0.25, 0.3) is 0 Å². The van der Waals surface area contributed by atoms with Gasteiger partial charge in [0.2, 0.25) is 5.91 Å². The number of amides is 1. The molecule has 4 heteroatoms. The first-order valence-electron chi connectivity index (χ1n) is 10.2. The van der Waals surface area contributed by atoms with Crippen molar-refractivity contribution in [2.24, 2.45) is 17.6 Å². The van der Waals surface area contributed by atoms with Crippen molar-refractivity contribution in [1.29, 1.82) is 5.41 Å². The predicted octanol–water partition coefficient (Wildman–Crippen LogP) is 4.78. The molecular formula is C24H31N3O. The summed E-state index contributed by atoms with van der Waals surface area (Å²) < 4.78 is 0. The van der Waals surface area contributed by atoms with E-state index < -0.39 is 0 Å². The summed E-state index contributed by atoms with van der Waals surface area (Å²) >= 11 is 0. The quantitative estimate of drug-likeness (QED) is 0.500. The normalized spacial score (nSPS) is 19.2. The largest absolute Gasteiger partial charge is 0.384 e. The van der Waals surface area contributed by atoms with Crippen LogP contribution in [-0.4, -0.2) is 11.7 Å². The molecule has 148 valence electrons. The number of hydrogen-bond acceptors (Lipinski definition) is 2. The number of aryl methyl sites for hydroxylation is 1. The SMILES string of the molecule is Cc1cc(CNC(=O)CC2CCC(C)CC2)cc(-c2cccc(C(=N)N)c2)c1. The molecule has 28 heavy (non-hydrogen) atoms. The number of amidine groups is 1. The summed E-state index contributed by atoms with van der Waals surface area (Å²) in [6.07, 6.45) is 5.49. The van der Waals surface area contributed by atoms with Crippen LogP contribution in [0, 0.1) is 24.2 Å². The van der Waals surface area contributed by atoms with E-state index in [0.29, 0.717) is 18.9 Å². The average molecular weight is 378 g/mol. The van der Waals surface area contributed by atoms with Crippen LogP contribution in [0.5, 0.6) is 0 Å². The molecule has 1 amide bonds. The molecule has 3 rings (SSSR count). The summed E-state index contributed by atoms with van der Waals surface area (Å²) in [5.74, 6) is 1.57. The topological polar surface area (TPSA) is 79.0 Å². The Labute approximate surface area is 168 Å². The molecule has 4 nitrogen and oxygen atoms in total. The van der Waals surface area contributed by atoms with Gasteiger partial charge < -0.3 is 11.1 Å². The summed E-state index contributed by atoms with van der Waals surface area (Å²) in [4.78, 5) is 12.4. The van der Waals surface area contributed by atoms with Crippen LogP contribution in [-0.2, 0) is 11.3 Å². The van der Waals surface area contributed by atoms with E-state index in [2.05, 4.69) is 37.4 Å². The van der Waals surface area contributed by atoms with Gasteiger partial charge >= 0.3 is 0 Å². The van der Waals surface area contributed by atoms with E-state index >= 15 is 0 Å². The van der Waals surface area contributed by atoms with Crippen LogP contribution < -0.4 is 11.1 Å². The fraction of sp³-hybridized carbons (Fsp3) is 0.417. The summed E-state index contributed by atoms with van der Waals surface area (Å²) in [6, 6.07) is 14.1. The second-order valence-electron chi connectivity index (χ2n) is 8.31. The summed E-state index contributed by atoms with van der Waals surface area (Å²) in [5, 5.41) is 10.7. The highest BCUT2D eigenvalue weighted by Crippen LogP contribution is 2.30. The van der Waals surface area contributed by atoms with E-state index in [0.717, 1.165) is 33.7 Å². The van der Waals surface area contributed by atoms with Gasteiger partial charge in [0, 0.05) is 18.5 Å². The maximum absolute atomic E-state index is 12.4. The lowest BCUT2D eigenvalue weighted by molar-refractivity contribution is -0.122. The number of carbonyl (C=O) groups is 1. The first-order valence-corrected chi connectivity index (χ1v) is 10.2. The molecule has 0 unspecified atom stereocenters. The lowest BCUT2D eigenvalue weighted by atomic mass is 9.81. The Hall–Kier alpha value is -2.62. The van der Waals surface area contributed by atoms with Gasteiger partial charge in [-0.05, 0) is 60.4 Å². The lowest BCUT2D eigenvalue weighted by Crippen LogP contribution is -2.26. The molecule has 1 fully saturated rings. The van der Waals surface area contributed by atoms with Gasteiger partial charge in [0.15, 0.2) is 0 Å². The van der Waals surface area contributed by atoms with Gasteiger partial charge in [-0.2, -0.15) is 0 Å². The predicted molar refractivity (Wildman–Crippen MR) is 115 cm³/mol. The number of carbonyl (C=O) groups excluding carboxylic acids is 1. The monoisotopic (exact) mass is 377 g/mol. The molecule has 0 radical (unpaired) electrons. The van der Waals surface area contributed by atoms with Crippen molar-refractivity contribution < 1.29 is 4.79 Å². The zero-order chi connectivity index (χ0) is 20.1. The van der Waals surface area contributed by atoms with E-state index in [9.17, 15) is 4.79 Å². The summed E-state index contributed by atoms with van der Waals surface area (Å²) in [7, 11) is 0. The summed E-state index contributed by atoms with van der Waals surface area (Å²) in [5.41, 5.74) is 10.7. The van der Waals surface area contributed by atoms with Crippen molar-refractivity contribution in [2.75, 3.05) is 0 Å². The molecule has 1 aliphatic carbocycles. The number of nitrogen functional groups attached to an aromatic ring is 1. The van der Waals surface area contributed by atoms with E-state index in [1.165, 1.54) is 25.7 Å². The lowest BCUT2D eigenvalue weighted by Gasteiger charge is -2.25. The van der Waals surface area contributed by atoms with Crippen molar-refractivity contribution in [3.05, 3.63) is 59.2 Å². The maximum atomic E-state index is 12.4. The second-order valence-corrected chi connectivity index (χ2v) is 8.31. The fourth-order valence-electron chi connectivity index (χ4n) is 4.07. The van der Waals surface area contributed by atoms with E-state index in [4.69, 9.17) is 11.1 Å². The standard InChI is InChI=1S/C24H31N3O/c1-16-6-8-18(9-7-16)13-23(28)27-15-19-10-17(2)11-22(12-19)20-4-3-5-21(14-20)24(25)26/h3-5,10-12,14,16,18H,6-9,13,15H2,1-2H3,(H3,25,26)(H,27,28). The van der Waals surface area contributed by atoms with Crippen molar-refractivity contribution in [3.63, 3.8) is 0 Å². The zero-order valence-corrected chi connectivity index (χ0v) is 16.9. The molecule has 1 aliphatic rings. The molecule has 2 aromatic rings. The van der Waals surface area contributed by atoms with Crippen LogP contribution in [0.25, 0.3) is 11.1 Å². The van der Waals surface area contributed by atoms with Crippen LogP contribution in [0.1, 0.15) is 55.7 Å². The number of rotatable bonds is 6. The molecule has 0 saturated heterocycles. The Kier molecular flexibility index (Phi) is 6.50. The number of hydrogen-bond donors (Lipinski definition) is 3. The van der Waals surface area contributed by atoms with Crippen molar-refractivity contribution in [1.82, 2.24) is 5.32 Å². The Morgan fingerprint density at radius 2 is 1.86 bits per heavy atom. The van der Waals surface area contributed by atoms with Gasteiger partial charge in [0.1, 0.15) is 5.84 Å². The molecule has 0 spiro atoms. The van der Waals surface area contributed by atoms with Crippen LogP contribution in [0.3, 0.4) is 0 Å². The number of benzene rings is 2. The van der Waals surface area contributed by atoms with E-state index in [1.54, 1.807) is 0 Å². The smallest absolute Gasteiger partial charge is 0.220 e. The Balaban J connectivity index is 1.64. The molecule has 0 heterocycles. The second kappa shape index (κ2) is 9.05. The van der Waals surface area contributed by atoms with Crippen LogP contribution in [0.2, 0.25) is 0 Å². The van der Waals surface area contributed by atoms with Crippen molar-refractivity contribution in [3.8, 4) is 11.1 Å². The minimum Gasteiger partial charge on any atom is -0.384 e. The minimum atomic E-state index is 0.0686. The molecule has 4 N–H and O–H groups in total. The Morgan fingerprint density at radius 1 is 1.11 bits per heavy atom. The molecule has 2 aromatic carbocycles. The third kappa shape index (κ3) is 5.44. The van der Waals surface area contributed by atoms with Gasteiger partial charge in [-0.3, -0.25) is 10.2 Å². The molecule has 1 saturated carbocycles. The number of nitrogens with two attached hydrogens (primary N) is 1. The maximum Gasteiger partial charge on any atom is 0.220 e. The third-order valence-electron chi connectivity index (χ3n) is 5.74. The highest BCUT2D eigenvalue weighted by atomic mass is 16.1. The van der Waals surface area contributed by atoms with Crippen LogP contribution in [0.15, 0.2) is 42.5 Å². The first-order chi connectivity index (χ1) is 13.4. The van der Waals surface area contributed by atoms with Crippen molar-refractivity contribution >= 4 is 11.7 Å². The average Bonchev–Trinajstić information content (AvgIpc) is 2.68. The highest BCUT2D eigenvalue weighted by molar-refractivity contribution is 5.96. The van der Waals surface area contributed by atoms with Gasteiger partial charge in [-0.15, -0.1) is 0 Å². The van der Waals surface area contributed by atoms with Gasteiger partial charge in [-0.1, -0.05) is 55.7 Å². The van der Waals surface area contributed by atoms with Crippen molar-refractivity contribution in [2.45, 2.75) is 52.5 Å². The fourth-order valence-corrected chi connectivity index (χ4v) is 4.07. The Bertz CT molecular complexity index is 851. The third-order valence-corrected chi connectivity index (χ3v) is 5.74. The Morgan fingerprint density at radius 3 is 2.57 bits per heavy atom. The molecule has 0 aromatic heterocycles. The van der Waals surface area contributed by atoms with Crippen LogP contribution in [0.4, 0.5) is 0 Å².